The average molecular weight is 211 g/mol. The van der Waals surface area contributed by atoms with Gasteiger partial charge in [0.1, 0.15) is 0 Å². The van der Waals surface area contributed by atoms with Crippen LogP contribution in [-0.2, 0) is 6.54 Å². The van der Waals surface area contributed by atoms with Crippen LogP contribution in [0.3, 0.4) is 0 Å². The molecule has 1 aromatic rings. The van der Waals surface area contributed by atoms with Gasteiger partial charge in [-0.25, -0.2) is 4.79 Å². The van der Waals surface area contributed by atoms with E-state index >= 15 is 0 Å². The number of rotatable bonds is 4. The first-order valence-electron chi connectivity index (χ1n) is 4.61. The van der Waals surface area contributed by atoms with Gasteiger partial charge in [0.15, 0.2) is 0 Å². The van der Waals surface area contributed by atoms with Crippen molar-refractivity contribution in [3.63, 3.8) is 0 Å². The second kappa shape index (κ2) is 4.59. The lowest BCUT2D eigenvalue weighted by Gasteiger charge is -2.11. The monoisotopic (exact) mass is 211 g/mol. The normalized spacial score (nSPS) is 10.2. The fraction of sp³-hybridized carbons (Fsp3) is 0.444. The van der Waals surface area contributed by atoms with Gasteiger partial charge in [0, 0.05) is 12.6 Å². The molecule has 1 aromatic heterocycles. The van der Waals surface area contributed by atoms with E-state index in [1.165, 1.54) is 0 Å². The van der Waals surface area contributed by atoms with E-state index in [1.807, 2.05) is 11.9 Å². The van der Waals surface area contributed by atoms with Crippen LogP contribution in [0.4, 0.5) is 0 Å². The Balaban J connectivity index is 3.27. The largest absolute Gasteiger partial charge is 0.543 e. The quantitative estimate of drug-likeness (QED) is 0.669. The van der Waals surface area contributed by atoms with Crippen molar-refractivity contribution < 1.29 is 9.90 Å². The molecule has 0 bridgehead atoms. The highest BCUT2D eigenvalue weighted by atomic mass is 16.4. The van der Waals surface area contributed by atoms with Gasteiger partial charge in [0.05, 0.1) is 11.7 Å². The highest BCUT2D eigenvalue weighted by molar-refractivity contribution is 5.83. The third-order valence-electron chi connectivity index (χ3n) is 1.98. The molecule has 0 atom stereocenters. The van der Waals surface area contributed by atoms with Crippen LogP contribution in [0.25, 0.3) is 0 Å². The summed E-state index contributed by atoms with van der Waals surface area (Å²) in [4.78, 5) is 34.8. The molecule has 0 amide bonds. The van der Waals surface area contributed by atoms with Crippen molar-refractivity contribution in [2.45, 2.75) is 26.3 Å². The maximum atomic E-state index is 11.3. The van der Waals surface area contributed by atoms with Crippen LogP contribution in [0.1, 0.15) is 30.3 Å². The van der Waals surface area contributed by atoms with E-state index in [0.717, 1.165) is 17.1 Å². The smallest absolute Gasteiger partial charge is 0.328 e. The highest BCUT2D eigenvalue weighted by Gasteiger charge is 2.05. The van der Waals surface area contributed by atoms with E-state index in [-0.39, 0.29) is 12.2 Å². The van der Waals surface area contributed by atoms with Crippen LogP contribution in [0.5, 0.6) is 0 Å². The van der Waals surface area contributed by atoms with Crippen molar-refractivity contribution >= 4 is 5.97 Å². The summed E-state index contributed by atoms with van der Waals surface area (Å²) < 4.78 is 1.00. The van der Waals surface area contributed by atoms with Crippen molar-refractivity contribution in [1.29, 1.82) is 0 Å². The van der Waals surface area contributed by atoms with Crippen LogP contribution in [0.15, 0.2) is 15.7 Å². The SMILES string of the molecule is CCCCn1c(C(=O)[O-])cc(=O)[nH]c1=O. The lowest BCUT2D eigenvalue weighted by atomic mass is 10.3. The van der Waals surface area contributed by atoms with Crippen molar-refractivity contribution in [1.82, 2.24) is 9.55 Å². The van der Waals surface area contributed by atoms with Crippen molar-refractivity contribution in [3.05, 3.63) is 32.6 Å². The molecule has 0 aliphatic rings. The maximum absolute atomic E-state index is 11.3. The van der Waals surface area contributed by atoms with E-state index in [9.17, 15) is 19.5 Å². The molecule has 6 nitrogen and oxygen atoms in total. The zero-order valence-corrected chi connectivity index (χ0v) is 8.28. The second-order valence-corrected chi connectivity index (χ2v) is 3.12. The summed E-state index contributed by atoms with van der Waals surface area (Å²) in [6.45, 7) is 2.17. The van der Waals surface area contributed by atoms with E-state index in [4.69, 9.17) is 0 Å². The number of H-pyrrole nitrogens is 1. The number of aromatic amines is 1. The van der Waals surface area contributed by atoms with Gasteiger partial charge in [-0.2, -0.15) is 0 Å². The molecule has 1 rings (SSSR count). The number of nitrogens with one attached hydrogen (secondary N) is 1. The van der Waals surface area contributed by atoms with E-state index in [1.54, 1.807) is 0 Å². The molecule has 0 unspecified atom stereocenters. The molecule has 0 radical (unpaired) electrons. The minimum Gasteiger partial charge on any atom is -0.543 e. The predicted molar refractivity (Wildman–Crippen MR) is 50.6 cm³/mol. The Morgan fingerprint density at radius 2 is 2.20 bits per heavy atom. The molecule has 1 heterocycles. The first-order chi connectivity index (χ1) is 7.06. The number of carbonyl (C=O) groups is 1. The third kappa shape index (κ3) is 2.55. The number of aromatic nitrogens is 2. The Morgan fingerprint density at radius 1 is 1.53 bits per heavy atom. The molecular formula is C9H11N2O4-. The van der Waals surface area contributed by atoms with Crippen LogP contribution in [0.2, 0.25) is 0 Å². The lowest BCUT2D eigenvalue weighted by Crippen LogP contribution is -2.38. The fourth-order valence-electron chi connectivity index (χ4n) is 1.23. The Hall–Kier alpha value is -1.85. The number of carboxylic acids is 1. The zero-order chi connectivity index (χ0) is 11.4. The van der Waals surface area contributed by atoms with Gasteiger partial charge >= 0.3 is 5.69 Å². The number of carboxylic acid groups (broad SMARTS) is 1. The van der Waals surface area contributed by atoms with Crippen LogP contribution < -0.4 is 16.4 Å². The Morgan fingerprint density at radius 3 is 2.73 bits per heavy atom. The number of nitrogens with zero attached hydrogens (tertiary/aromatic N) is 1. The van der Waals surface area contributed by atoms with Crippen LogP contribution in [-0.4, -0.2) is 15.5 Å². The van der Waals surface area contributed by atoms with Crippen LogP contribution >= 0.6 is 0 Å². The maximum Gasteiger partial charge on any atom is 0.328 e. The molecule has 0 spiro atoms. The molecule has 82 valence electrons. The topological polar surface area (TPSA) is 95.0 Å². The predicted octanol–water partition coefficient (Wildman–Crippen LogP) is -1.30. The average Bonchev–Trinajstić information content (AvgIpc) is 2.15. The summed E-state index contributed by atoms with van der Waals surface area (Å²) in [6, 6.07) is 0.854. The molecule has 0 aliphatic heterocycles. The summed E-state index contributed by atoms with van der Waals surface area (Å²) in [5.74, 6) is -1.52. The Bertz CT molecular complexity index is 472. The number of hydrogen-bond donors (Lipinski definition) is 1. The molecule has 0 aliphatic carbocycles. The summed E-state index contributed by atoms with van der Waals surface area (Å²) in [5.41, 5.74) is -1.82. The molecule has 1 N–H and O–H groups in total. The number of hydrogen-bond acceptors (Lipinski definition) is 4. The molecule has 0 fully saturated rings. The minimum absolute atomic E-state index is 0.259. The molecule has 15 heavy (non-hydrogen) atoms. The summed E-state index contributed by atoms with van der Waals surface area (Å²) in [6.07, 6.45) is 1.48. The number of aromatic carboxylic acids is 1. The standard InChI is InChI=1S/C9H12N2O4/c1-2-3-4-11-6(8(13)14)5-7(12)10-9(11)15/h5H,2-4H2,1H3,(H,13,14)(H,10,12,15)/p-1. The van der Waals surface area contributed by atoms with E-state index < -0.39 is 17.2 Å². The highest BCUT2D eigenvalue weighted by Crippen LogP contribution is 1.95. The van der Waals surface area contributed by atoms with Crippen molar-refractivity contribution in [3.8, 4) is 0 Å². The van der Waals surface area contributed by atoms with Crippen molar-refractivity contribution in [2.75, 3.05) is 0 Å². The fourth-order valence-corrected chi connectivity index (χ4v) is 1.23. The van der Waals surface area contributed by atoms with Crippen molar-refractivity contribution in [2.24, 2.45) is 0 Å². The third-order valence-corrected chi connectivity index (χ3v) is 1.98. The van der Waals surface area contributed by atoms with Crippen LogP contribution in [0, 0.1) is 0 Å². The molecule has 0 aromatic carbocycles. The number of carbonyl (C=O) groups excluding carboxylic acids is 1. The first kappa shape index (κ1) is 11.2. The Kier molecular flexibility index (Phi) is 3.43. The van der Waals surface area contributed by atoms with Gasteiger partial charge < -0.3 is 9.90 Å². The van der Waals surface area contributed by atoms with E-state index in [2.05, 4.69) is 0 Å². The first-order valence-corrected chi connectivity index (χ1v) is 4.61. The molecule has 0 saturated carbocycles. The molecular weight excluding hydrogens is 200 g/mol. The Labute approximate surface area is 85.2 Å². The van der Waals surface area contributed by atoms with E-state index in [0.29, 0.717) is 6.42 Å². The zero-order valence-electron chi connectivity index (χ0n) is 8.28. The summed E-state index contributed by atoms with van der Waals surface area (Å²) in [5, 5.41) is 10.7. The summed E-state index contributed by atoms with van der Waals surface area (Å²) >= 11 is 0. The van der Waals surface area contributed by atoms with Gasteiger partial charge in [-0.15, -0.1) is 0 Å². The van der Waals surface area contributed by atoms with Gasteiger partial charge in [-0.1, -0.05) is 13.3 Å². The lowest BCUT2D eigenvalue weighted by molar-refractivity contribution is -0.255. The molecule has 0 saturated heterocycles. The number of unbranched alkanes of at least 4 members (excludes halogenated alkanes) is 1. The van der Waals surface area contributed by atoms with Gasteiger partial charge in [-0.3, -0.25) is 14.3 Å². The van der Waals surface area contributed by atoms with Gasteiger partial charge in [0.25, 0.3) is 5.56 Å². The minimum atomic E-state index is -1.52. The summed E-state index contributed by atoms with van der Waals surface area (Å²) in [7, 11) is 0. The second-order valence-electron chi connectivity index (χ2n) is 3.12. The van der Waals surface area contributed by atoms with Gasteiger partial charge in [0.2, 0.25) is 0 Å². The van der Waals surface area contributed by atoms with Gasteiger partial charge in [-0.05, 0) is 6.42 Å². The molecule has 6 heteroatoms.